The molecule has 1 aliphatic rings. The zero-order valence-electron chi connectivity index (χ0n) is 14.7. The fraction of sp³-hybridized carbons (Fsp3) is 0.556. The van der Waals surface area contributed by atoms with Gasteiger partial charge in [-0.15, -0.1) is 0 Å². The number of aromatic nitrogens is 1. The number of hydrogen-bond donors (Lipinski definition) is 0. The van der Waals surface area contributed by atoms with Crippen LogP contribution in [0.4, 0.5) is 4.39 Å². The maximum atomic E-state index is 13.5. The summed E-state index contributed by atoms with van der Waals surface area (Å²) in [4.78, 5) is 17.7. The molecule has 1 amide bonds. The molecule has 1 aromatic carbocycles. The van der Waals surface area contributed by atoms with Crippen LogP contribution in [-0.2, 0) is 16.1 Å². The van der Waals surface area contributed by atoms with Crippen molar-refractivity contribution in [1.82, 2.24) is 4.57 Å². The third kappa shape index (κ3) is 2.62. The number of ether oxygens (including phenoxy) is 1. The van der Waals surface area contributed by atoms with Gasteiger partial charge in [-0.05, 0) is 29.0 Å². The normalized spacial score (nSPS) is 19.8. The van der Waals surface area contributed by atoms with Crippen LogP contribution in [0.2, 0.25) is 0 Å². The van der Waals surface area contributed by atoms with Crippen LogP contribution in [0.15, 0.2) is 23.2 Å². The second-order valence-corrected chi connectivity index (χ2v) is 8.48. The molecule has 24 heavy (non-hydrogen) atoms. The molecule has 0 aliphatic heterocycles. The highest BCUT2D eigenvalue weighted by atomic mass is 32.1. The van der Waals surface area contributed by atoms with E-state index >= 15 is 0 Å². The van der Waals surface area contributed by atoms with Crippen LogP contribution < -0.4 is 4.80 Å². The van der Waals surface area contributed by atoms with Crippen LogP contribution in [0.25, 0.3) is 10.2 Å². The highest BCUT2D eigenvalue weighted by Gasteiger charge is 2.68. The van der Waals surface area contributed by atoms with Crippen molar-refractivity contribution in [2.75, 3.05) is 13.7 Å². The molecule has 1 saturated carbocycles. The summed E-state index contributed by atoms with van der Waals surface area (Å²) in [7, 11) is 1.63. The average molecular weight is 350 g/mol. The second-order valence-electron chi connectivity index (χ2n) is 7.47. The molecule has 1 aromatic heterocycles. The van der Waals surface area contributed by atoms with Gasteiger partial charge >= 0.3 is 0 Å². The van der Waals surface area contributed by atoms with E-state index in [-0.39, 0.29) is 28.5 Å². The Kier molecular flexibility index (Phi) is 4.16. The lowest BCUT2D eigenvalue weighted by Crippen LogP contribution is -2.20. The van der Waals surface area contributed by atoms with Crippen LogP contribution in [-0.4, -0.2) is 24.2 Å². The lowest BCUT2D eigenvalue weighted by Gasteiger charge is -2.04. The lowest BCUT2D eigenvalue weighted by molar-refractivity contribution is -0.120. The first-order chi connectivity index (χ1) is 11.2. The molecule has 0 radical (unpaired) electrons. The first kappa shape index (κ1) is 17.3. The predicted molar refractivity (Wildman–Crippen MR) is 93.3 cm³/mol. The molecule has 0 spiro atoms. The summed E-state index contributed by atoms with van der Waals surface area (Å²) >= 11 is 1.34. The van der Waals surface area contributed by atoms with Gasteiger partial charge in [-0.3, -0.25) is 4.79 Å². The fourth-order valence-corrected chi connectivity index (χ4v) is 4.59. The van der Waals surface area contributed by atoms with Gasteiger partial charge in [0.2, 0.25) is 0 Å². The summed E-state index contributed by atoms with van der Waals surface area (Å²) in [6, 6.07) is 4.64. The van der Waals surface area contributed by atoms with Gasteiger partial charge in [0.25, 0.3) is 5.91 Å². The van der Waals surface area contributed by atoms with Crippen molar-refractivity contribution in [3.05, 3.63) is 28.8 Å². The average Bonchev–Trinajstić information content (AvgIpc) is 2.75. The van der Waals surface area contributed by atoms with Crippen molar-refractivity contribution in [3.8, 4) is 0 Å². The first-order valence-corrected chi connectivity index (χ1v) is 8.88. The Hall–Kier alpha value is -1.53. The molecule has 1 aliphatic carbocycles. The Balaban J connectivity index is 2.06. The van der Waals surface area contributed by atoms with Crippen molar-refractivity contribution in [2.45, 2.75) is 34.2 Å². The van der Waals surface area contributed by atoms with Crippen LogP contribution in [0.3, 0.4) is 0 Å². The smallest absolute Gasteiger partial charge is 0.252 e. The Morgan fingerprint density at radius 1 is 1.33 bits per heavy atom. The number of nitrogens with zero attached hydrogens (tertiary/aromatic N) is 2. The quantitative estimate of drug-likeness (QED) is 0.846. The third-order valence-electron chi connectivity index (χ3n) is 5.64. The van der Waals surface area contributed by atoms with Crippen molar-refractivity contribution in [3.63, 3.8) is 0 Å². The van der Waals surface area contributed by atoms with E-state index in [0.29, 0.717) is 18.0 Å². The monoisotopic (exact) mass is 350 g/mol. The molecule has 0 unspecified atom stereocenters. The molecule has 130 valence electrons. The van der Waals surface area contributed by atoms with E-state index < -0.39 is 0 Å². The molecule has 0 atom stereocenters. The number of fused-ring (bicyclic) bond motifs is 1. The number of thiazole rings is 1. The van der Waals surface area contributed by atoms with Gasteiger partial charge in [0, 0.05) is 13.7 Å². The van der Waals surface area contributed by atoms with Gasteiger partial charge < -0.3 is 9.30 Å². The van der Waals surface area contributed by atoms with Gasteiger partial charge in [-0.25, -0.2) is 4.39 Å². The van der Waals surface area contributed by atoms with Crippen LogP contribution >= 0.6 is 11.3 Å². The van der Waals surface area contributed by atoms with E-state index in [9.17, 15) is 9.18 Å². The molecular formula is C18H23FN2O2S. The summed E-state index contributed by atoms with van der Waals surface area (Å²) in [5.41, 5.74) is 0.779. The number of benzene rings is 1. The number of halogens is 1. The predicted octanol–water partition coefficient (Wildman–Crippen LogP) is 3.60. The molecule has 0 bridgehead atoms. The van der Waals surface area contributed by atoms with Crippen molar-refractivity contribution in [1.29, 1.82) is 0 Å². The molecule has 4 nitrogen and oxygen atoms in total. The first-order valence-electron chi connectivity index (χ1n) is 8.06. The fourth-order valence-electron chi connectivity index (χ4n) is 3.50. The van der Waals surface area contributed by atoms with Crippen LogP contribution in [0.1, 0.15) is 27.7 Å². The molecule has 3 rings (SSSR count). The maximum absolute atomic E-state index is 13.5. The summed E-state index contributed by atoms with van der Waals surface area (Å²) in [5.74, 6) is -0.462. The number of carbonyl (C=O) groups is 1. The highest BCUT2D eigenvalue weighted by Crippen LogP contribution is 2.68. The highest BCUT2D eigenvalue weighted by molar-refractivity contribution is 7.16. The number of carbonyl (C=O) groups excluding carboxylic acids is 1. The van der Waals surface area contributed by atoms with Crippen LogP contribution in [0, 0.1) is 22.6 Å². The Morgan fingerprint density at radius 3 is 2.58 bits per heavy atom. The molecule has 0 N–H and O–H groups in total. The van der Waals surface area contributed by atoms with E-state index in [2.05, 4.69) is 32.7 Å². The number of amides is 1. The van der Waals surface area contributed by atoms with E-state index in [1.54, 1.807) is 13.2 Å². The lowest BCUT2D eigenvalue weighted by atomic mass is 10.0. The number of methoxy groups -OCH3 is 1. The summed E-state index contributed by atoms with van der Waals surface area (Å²) in [6.07, 6.45) is 0. The standard InChI is InChI=1S/C18H23FN2O2S/c1-17(2)14(18(17,3)4)15(22)20-16-21(8-9-23-5)12-7-6-11(19)10-13(12)24-16/h6-7,10,14H,8-9H2,1-5H3/b20-16-. The minimum atomic E-state index is -0.287. The minimum Gasteiger partial charge on any atom is -0.383 e. The molecule has 6 heteroatoms. The topological polar surface area (TPSA) is 43.6 Å². The van der Waals surface area contributed by atoms with Gasteiger partial charge in [0.15, 0.2) is 4.80 Å². The van der Waals surface area contributed by atoms with Crippen molar-refractivity contribution >= 4 is 27.5 Å². The largest absolute Gasteiger partial charge is 0.383 e. The summed E-state index contributed by atoms with van der Waals surface area (Å²) in [6.45, 7) is 9.49. The summed E-state index contributed by atoms with van der Waals surface area (Å²) in [5, 5.41) is 0. The van der Waals surface area contributed by atoms with E-state index in [1.807, 2.05) is 4.57 Å². The van der Waals surface area contributed by atoms with Crippen molar-refractivity contribution < 1.29 is 13.9 Å². The van der Waals surface area contributed by atoms with Crippen LogP contribution in [0.5, 0.6) is 0 Å². The Bertz CT molecular complexity index is 850. The Morgan fingerprint density at radius 2 is 2.00 bits per heavy atom. The van der Waals surface area contributed by atoms with Crippen molar-refractivity contribution in [2.24, 2.45) is 21.7 Å². The molecule has 1 heterocycles. The number of rotatable bonds is 4. The maximum Gasteiger partial charge on any atom is 0.252 e. The van der Waals surface area contributed by atoms with E-state index in [0.717, 1.165) is 10.2 Å². The third-order valence-corrected chi connectivity index (χ3v) is 6.68. The van der Waals surface area contributed by atoms with Gasteiger partial charge in [0.05, 0.1) is 22.7 Å². The van der Waals surface area contributed by atoms with E-state index in [1.165, 1.54) is 23.5 Å². The Labute approximate surface area is 145 Å². The van der Waals surface area contributed by atoms with Gasteiger partial charge in [-0.1, -0.05) is 39.0 Å². The molecule has 1 fully saturated rings. The zero-order valence-corrected chi connectivity index (χ0v) is 15.5. The number of hydrogen-bond acceptors (Lipinski definition) is 3. The van der Waals surface area contributed by atoms with Gasteiger partial charge in [-0.2, -0.15) is 4.99 Å². The zero-order chi connectivity index (χ0) is 17.7. The minimum absolute atomic E-state index is 0.0479. The van der Waals surface area contributed by atoms with Gasteiger partial charge in [0.1, 0.15) is 5.82 Å². The van der Waals surface area contributed by atoms with E-state index in [4.69, 9.17) is 4.74 Å². The second kappa shape index (κ2) is 5.77. The molecule has 2 aromatic rings. The molecule has 0 saturated heterocycles. The summed E-state index contributed by atoms with van der Waals surface area (Å²) < 4.78 is 21.4. The molecular weight excluding hydrogens is 327 g/mol. The SMILES string of the molecule is COCCn1/c(=N/C(=O)C2C(C)(C)C2(C)C)sc2cc(F)ccc21.